The van der Waals surface area contributed by atoms with Gasteiger partial charge in [-0.2, -0.15) is 26.3 Å². The molecule has 0 saturated heterocycles. The lowest BCUT2D eigenvalue weighted by Crippen LogP contribution is -2.57. The molecule has 0 aliphatic carbocycles. The standard InChI is InChI=1S/C31H32F6N6O6/c1-4-20-25(38)24(26-21(6-7-22(42-26)48-3)43(20)29(47)49-5-2)27-40-14-18(28(46)39-9-8-23(44)45)19(41-27)12-15-10-16(30(32,33)34)13-17(11-15)31(35,36)37/h6-7,10-11,13-14,20,24-25H,4-5,8-9,12,38H2,1-3H3,(H,39,46)(H,44,45). The van der Waals surface area contributed by atoms with E-state index < -0.39 is 77.9 Å². The number of amides is 2. The molecule has 0 fully saturated rings. The fourth-order valence-corrected chi connectivity index (χ4v) is 5.53. The highest BCUT2D eigenvalue weighted by atomic mass is 19.4. The molecule has 4 rings (SSSR count). The SMILES string of the molecule is CCOC(=O)N1c2ccc(OC)nc2C(c2ncc(C(=O)NCCC(=O)O)c(Cc3cc(C(F)(F)F)cc(C(F)(F)F)c3)n2)C(N)C1CC. The molecule has 0 saturated carbocycles. The first-order valence-electron chi connectivity index (χ1n) is 14.9. The summed E-state index contributed by atoms with van der Waals surface area (Å²) in [5.41, 5.74) is 2.95. The number of anilines is 1. The van der Waals surface area contributed by atoms with E-state index in [1.807, 2.05) is 0 Å². The lowest BCUT2D eigenvalue weighted by atomic mass is 9.82. The number of aliphatic carboxylic acids is 1. The van der Waals surface area contributed by atoms with E-state index in [-0.39, 0.29) is 53.6 Å². The van der Waals surface area contributed by atoms with Gasteiger partial charge in [-0.05, 0) is 43.2 Å². The van der Waals surface area contributed by atoms with Gasteiger partial charge in [-0.1, -0.05) is 6.92 Å². The zero-order valence-electron chi connectivity index (χ0n) is 26.4. The third-order valence-electron chi connectivity index (χ3n) is 7.74. The van der Waals surface area contributed by atoms with Gasteiger partial charge in [0.2, 0.25) is 5.88 Å². The highest BCUT2D eigenvalue weighted by Gasteiger charge is 2.45. The Hall–Kier alpha value is -5.00. The van der Waals surface area contributed by atoms with Crippen molar-refractivity contribution in [2.24, 2.45) is 5.73 Å². The number of aromatic nitrogens is 3. The summed E-state index contributed by atoms with van der Waals surface area (Å²) in [6, 6.07) is 2.36. The van der Waals surface area contributed by atoms with E-state index in [2.05, 4.69) is 20.3 Å². The van der Waals surface area contributed by atoms with Gasteiger partial charge in [0.05, 0.1) is 65.9 Å². The smallest absolute Gasteiger partial charge is 0.416 e. The Kier molecular flexibility index (Phi) is 11.0. The van der Waals surface area contributed by atoms with Gasteiger partial charge >= 0.3 is 24.4 Å². The third kappa shape index (κ3) is 8.18. The fourth-order valence-electron chi connectivity index (χ4n) is 5.53. The van der Waals surface area contributed by atoms with Crippen LogP contribution in [0, 0.1) is 0 Å². The van der Waals surface area contributed by atoms with E-state index in [0.29, 0.717) is 18.6 Å². The molecular formula is C31H32F6N6O6. The summed E-state index contributed by atoms with van der Waals surface area (Å²) in [5.74, 6) is -3.15. The van der Waals surface area contributed by atoms with Crippen molar-refractivity contribution in [3.05, 3.63) is 76.0 Å². The average molecular weight is 699 g/mol. The number of methoxy groups -OCH3 is 1. The molecule has 3 atom stereocenters. The molecule has 0 radical (unpaired) electrons. The molecule has 1 aliphatic heterocycles. The highest BCUT2D eigenvalue weighted by Crippen LogP contribution is 2.42. The number of nitrogens with two attached hydrogens (primary N) is 1. The molecule has 3 aromatic rings. The topological polar surface area (TPSA) is 170 Å². The number of benzene rings is 1. The number of rotatable bonds is 10. The van der Waals surface area contributed by atoms with Gasteiger partial charge in [0.15, 0.2) is 0 Å². The van der Waals surface area contributed by atoms with Gasteiger partial charge in [0.25, 0.3) is 5.91 Å². The van der Waals surface area contributed by atoms with E-state index in [9.17, 15) is 40.7 Å². The number of hydrogen-bond donors (Lipinski definition) is 3. The molecule has 4 N–H and O–H groups in total. The number of hydrogen-bond acceptors (Lipinski definition) is 9. The van der Waals surface area contributed by atoms with Crippen molar-refractivity contribution in [1.82, 2.24) is 20.3 Å². The number of ether oxygens (including phenoxy) is 2. The van der Waals surface area contributed by atoms with Gasteiger partial charge in [-0.3, -0.25) is 14.5 Å². The molecule has 264 valence electrons. The zero-order valence-corrected chi connectivity index (χ0v) is 26.4. The minimum atomic E-state index is -5.13. The Morgan fingerprint density at radius 2 is 1.67 bits per heavy atom. The summed E-state index contributed by atoms with van der Waals surface area (Å²) in [7, 11) is 1.35. The van der Waals surface area contributed by atoms with Crippen LogP contribution < -0.4 is 20.7 Å². The summed E-state index contributed by atoms with van der Waals surface area (Å²) in [6.45, 7) is 3.09. The third-order valence-corrected chi connectivity index (χ3v) is 7.74. The van der Waals surface area contributed by atoms with Crippen LogP contribution in [0.4, 0.5) is 36.8 Å². The first-order valence-corrected chi connectivity index (χ1v) is 14.9. The van der Waals surface area contributed by atoms with Crippen LogP contribution in [0.5, 0.6) is 5.88 Å². The largest absolute Gasteiger partial charge is 0.481 e. The molecule has 1 aromatic carbocycles. The molecule has 18 heteroatoms. The Bertz CT molecular complexity index is 1690. The lowest BCUT2D eigenvalue weighted by molar-refractivity contribution is -0.143. The summed E-state index contributed by atoms with van der Waals surface area (Å²) in [5, 5.41) is 11.3. The van der Waals surface area contributed by atoms with Crippen molar-refractivity contribution in [1.29, 1.82) is 0 Å². The first-order chi connectivity index (χ1) is 23.0. The number of carboxylic acids is 1. The number of carbonyl (C=O) groups excluding carboxylic acids is 2. The Morgan fingerprint density at radius 1 is 1.02 bits per heavy atom. The molecule has 49 heavy (non-hydrogen) atoms. The monoisotopic (exact) mass is 698 g/mol. The summed E-state index contributed by atoms with van der Waals surface area (Å²) >= 11 is 0. The molecule has 2 amide bonds. The van der Waals surface area contributed by atoms with Crippen LogP contribution in [-0.2, 0) is 28.3 Å². The van der Waals surface area contributed by atoms with Crippen LogP contribution in [0.3, 0.4) is 0 Å². The van der Waals surface area contributed by atoms with Gasteiger partial charge < -0.3 is 25.6 Å². The predicted molar refractivity (Wildman–Crippen MR) is 160 cm³/mol. The molecule has 12 nitrogen and oxygen atoms in total. The second-order valence-corrected chi connectivity index (χ2v) is 10.9. The van der Waals surface area contributed by atoms with Crippen LogP contribution in [0.25, 0.3) is 0 Å². The quantitative estimate of drug-likeness (QED) is 0.247. The number of carbonyl (C=O) groups is 3. The van der Waals surface area contributed by atoms with Crippen LogP contribution in [0.1, 0.15) is 76.9 Å². The van der Waals surface area contributed by atoms with E-state index in [1.165, 1.54) is 18.1 Å². The molecular weight excluding hydrogens is 666 g/mol. The maximum absolute atomic E-state index is 13.7. The summed E-state index contributed by atoms with van der Waals surface area (Å²) in [6.07, 6.45) is -10.8. The fraction of sp³-hybridized carbons (Fsp3) is 0.419. The number of nitrogens with zero attached hydrogens (tertiary/aromatic N) is 4. The van der Waals surface area contributed by atoms with E-state index in [0.717, 1.165) is 6.20 Å². The Labute approximate surface area is 275 Å². The number of fused-ring (bicyclic) bond motifs is 1. The Morgan fingerprint density at radius 3 is 2.22 bits per heavy atom. The van der Waals surface area contributed by atoms with Crippen LogP contribution >= 0.6 is 0 Å². The predicted octanol–water partition coefficient (Wildman–Crippen LogP) is 4.93. The number of halogens is 6. The van der Waals surface area contributed by atoms with Crippen molar-refractivity contribution in [2.75, 3.05) is 25.2 Å². The van der Waals surface area contributed by atoms with Crippen LogP contribution in [-0.4, -0.2) is 70.4 Å². The van der Waals surface area contributed by atoms with Crippen molar-refractivity contribution < 1.29 is 55.3 Å². The van der Waals surface area contributed by atoms with Crippen molar-refractivity contribution >= 4 is 23.7 Å². The molecule has 2 aromatic heterocycles. The van der Waals surface area contributed by atoms with E-state index in [4.69, 9.17) is 20.3 Å². The maximum atomic E-state index is 13.7. The maximum Gasteiger partial charge on any atom is 0.416 e. The molecule has 1 aliphatic rings. The van der Waals surface area contributed by atoms with Crippen molar-refractivity contribution in [2.45, 2.75) is 63.5 Å². The number of nitrogens with one attached hydrogen (secondary N) is 1. The second-order valence-electron chi connectivity index (χ2n) is 10.9. The average Bonchev–Trinajstić information content (AvgIpc) is 3.02. The molecule has 0 bridgehead atoms. The second kappa shape index (κ2) is 14.6. The zero-order chi connectivity index (χ0) is 36.3. The van der Waals surface area contributed by atoms with Gasteiger partial charge in [0.1, 0.15) is 5.82 Å². The first kappa shape index (κ1) is 36.8. The van der Waals surface area contributed by atoms with Gasteiger partial charge in [-0.15, -0.1) is 0 Å². The summed E-state index contributed by atoms with van der Waals surface area (Å²) < 4.78 is 92.6. The Balaban J connectivity index is 1.91. The van der Waals surface area contributed by atoms with Gasteiger partial charge in [0, 0.05) is 31.3 Å². The van der Waals surface area contributed by atoms with Gasteiger partial charge in [-0.25, -0.2) is 19.7 Å². The number of pyridine rings is 1. The number of alkyl halides is 6. The molecule has 3 unspecified atom stereocenters. The van der Waals surface area contributed by atoms with E-state index >= 15 is 0 Å². The normalized spacial score (nSPS) is 17.7. The highest BCUT2D eigenvalue weighted by molar-refractivity contribution is 5.95. The van der Waals surface area contributed by atoms with Crippen molar-refractivity contribution in [3.8, 4) is 5.88 Å². The molecule has 3 heterocycles. The van der Waals surface area contributed by atoms with E-state index in [1.54, 1.807) is 19.9 Å². The molecule has 0 spiro atoms. The minimum absolute atomic E-state index is 0.0222. The number of carboxylic acid groups (broad SMARTS) is 1. The van der Waals surface area contributed by atoms with Crippen molar-refractivity contribution in [3.63, 3.8) is 0 Å². The van der Waals surface area contributed by atoms with Crippen LogP contribution in [0.2, 0.25) is 0 Å². The van der Waals surface area contributed by atoms with Crippen LogP contribution in [0.15, 0.2) is 36.5 Å². The lowest BCUT2D eigenvalue weighted by Gasteiger charge is -2.43. The minimum Gasteiger partial charge on any atom is -0.481 e. The summed E-state index contributed by atoms with van der Waals surface area (Å²) in [4.78, 5) is 51.8.